The number of rotatable bonds is 3. The van der Waals surface area contributed by atoms with Crippen molar-refractivity contribution >= 4 is 0 Å². The Kier molecular flexibility index (Phi) is 3.52. The van der Waals surface area contributed by atoms with Crippen LogP contribution in [0, 0.1) is 0 Å². The van der Waals surface area contributed by atoms with Crippen molar-refractivity contribution in [2.75, 3.05) is 19.8 Å². The van der Waals surface area contributed by atoms with Crippen LogP contribution < -0.4 is 5.73 Å². The van der Waals surface area contributed by atoms with Crippen LogP contribution in [0.2, 0.25) is 0 Å². The molecule has 0 radical (unpaired) electrons. The normalized spacial score (nSPS) is 21.6. The summed E-state index contributed by atoms with van der Waals surface area (Å²) in [4.78, 5) is 0. The molecule has 0 amide bonds. The first kappa shape index (κ1) is 11.5. The monoisotopic (exact) mass is 226 g/mol. The topological polar surface area (TPSA) is 75.2 Å². The van der Waals surface area contributed by atoms with E-state index in [0.717, 1.165) is 11.6 Å². The van der Waals surface area contributed by atoms with Gasteiger partial charge in [-0.25, -0.2) is 0 Å². The van der Waals surface area contributed by atoms with Gasteiger partial charge in [-0.2, -0.15) is 0 Å². The zero-order valence-corrected chi connectivity index (χ0v) is 9.72. The Balaban J connectivity index is 2.28. The molecule has 6 nitrogen and oxygen atoms in total. The first-order chi connectivity index (χ1) is 7.74. The Morgan fingerprint density at radius 3 is 2.81 bits per heavy atom. The number of nitrogens with two attached hydrogens (primary N) is 1. The van der Waals surface area contributed by atoms with Crippen LogP contribution in [-0.2, 0) is 16.0 Å². The summed E-state index contributed by atoms with van der Waals surface area (Å²) in [6.07, 6.45) is -0.121. The highest BCUT2D eigenvalue weighted by Gasteiger charge is 2.25. The molecule has 16 heavy (non-hydrogen) atoms. The van der Waals surface area contributed by atoms with Crippen LogP contribution in [0.5, 0.6) is 0 Å². The van der Waals surface area contributed by atoms with Crippen molar-refractivity contribution in [3.63, 3.8) is 0 Å². The summed E-state index contributed by atoms with van der Waals surface area (Å²) in [5.41, 5.74) is 5.64. The Morgan fingerprint density at radius 1 is 1.44 bits per heavy atom. The molecule has 1 aliphatic heterocycles. The van der Waals surface area contributed by atoms with Crippen molar-refractivity contribution in [2.24, 2.45) is 5.73 Å². The minimum absolute atomic E-state index is 0.121. The van der Waals surface area contributed by atoms with Gasteiger partial charge in [-0.1, -0.05) is 0 Å². The van der Waals surface area contributed by atoms with Gasteiger partial charge in [0.15, 0.2) is 5.82 Å². The molecule has 1 aliphatic rings. The first-order valence-corrected chi connectivity index (χ1v) is 5.57. The smallest absolute Gasteiger partial charge is 0.164 e. The molecular weight excluding hydrogens is 208 g/mol. The Morgan fingerprint density at radius 2 is 2.25 bits per heavy atom. The van der Waals surface area contributed by atoms with E-state index in [0.29, 0.717) is 26.4 Å². The summed E-state index contributed by atoms with van der Waals surface area (Å²) >= 11 is 0. The zero-order chi connectivity index (χ0) is 11.5. The summed E-state index contributed by atoms with van der Waals surface area (Å²) in [6, 6.07) is 0.272. The summed E-state index contributed by atoms with van der Waals surface area (Å²) in [6.45, 7) is 6.34. The predicted molar refractivity (Wildman–Crippen MR) is 57.8 cm³/mol. The lowest BCUT2D eigenvalue weighted by Crippen LogP contribution is -2.26. The lowest BCUT2D eigenvalue weighted by molar-refractivity contribution is -0.0951. The highest BCUT2D eigenvalue weighted by atomic mass is 16.6. The Bertz CT molecular complexity index is 345. The average molecular weight is 226 g/mol. The lowest BCUT2D eigenvalue weighted by atomic mass is 10.3. The van der Waals surface area contributed by atoms with Crippen LogP contribution in [-0.4, -0.2) is 34.6 Å². The molecule has 1 aromatic rings. The van der Waals surface area contributed by atoms with Crippen molar-refractivity contribution in [3.05, 3.63) is 11.6 Å². The van der Waals surface area contributed by atoms with Crippen LogP contribution in [0.15, 0.2) is 0 Å². The molecule has 1 aromatic heterocycles. The van der Waals surface area contributed by atoms with Crippen LogP contribution >= 0.6 is 0 Å². The molecule has 2 rings (SSSR count). The second-order valence-corrected chi connectivity index (χ2v) is 4.08. The molecule has 2 N–H and O–H groups in total. The molecule has 1 saturated heterocycles. The summed E-state index contributed by atoms with van der Waals surface area (Å²) in [5.74, 6) is 1.61. The van der Waals surface area contributed by atoms with Gasteiger partial charge in [-0.3, -0.25) is 0 Å². The molecule has 6 heteroatoms. The lowest BCUT2D eigenvalue weighted by Gasteiger charge is -2.24. The fourth-order valence-electron chi connectivity index (χ4n) is 1.90. The van der Waals surface area contributed by atoms with E-state index >= 15 is 0 Å². The second kappa shape index (κ2) is 4.90. The van der Waals surface area contributed by atoms with Crippen molar-refractivity contribution < 1.29 is 9.47 Å². The van der Waals surface area contributed by atoms with Gasteiger partial charge in [-0.05, 0) is 13.8 Å². The minimum Gasteiger partial charge on any atom is -0.376 e. The van der Waals surface area contributed by atoms with E-state index in [-0.39, 0.29) is 12.1 Å². The number of nitrogens with zero attached hydrogens (tertiary/aromatic N) is 3. The molecule has 90 valence electrons. The van der Waals surface area contributed by atoms with Crippen LogP contribution in [0.4, 0.5) is 0 Å². The molecule has 1 unspecified atom stereocenters. The Labute approximate surface area is 94.7 Å². The maximum Gasteiger partial charge on any atom is 0.164 e. The number of hydrogen-bond donors (Lipinski definition) is 1. The quantitative estimate of drug-likeness (QED) is 0.807. The fourth-order valence-corrected chi connectivity index (χ4v) is 1.90. The predicted octanol–water partition coefficient (Wildman–Crippen LogP) is 0.406. The number of hydrogen-bond acceptors (Lipinski definition) is 5. The summed E-state index contributed by atoms with van der Waals surface area (Å²) in [7, 11) is 0. The third-order valence-corrected chi connectivity index (χ3v) is 2.60. The molecule has 0 aromatic carbocycles. The molecule has 0 spiro atoms. The second-order valence-electron chi connectivity index (χ2n) is 4.08. The van der Waals surface area contributed by atoms with E-state index < -0.39 is 0 Å². The molecule has 1 fully saturated rings. The summed E-state index contributed by atoms with van der Waals surface area (Å²) in [5, 5.41) is 8.24. The van der Waals surface area contributed by atoms with Crippen LogP contribution in [0.3, 0.4) is 0 Å². The molecule has 1 atom stereocenters. The van der Waals surface area contributed by atoms with Crippen molar-refractivity contribution in [2.45, 2.75) is 32.5 Å². The maximum atomic E-state index is 5.64. The fraction of sp³-hybridized carbons (Fsp3) is 0.800. The van der Waals surface area contributed by atoms with Gasteiger partial charge in [0.2, 0.25) is 0 Å². The Hall–Kier alpha value is -0.980. The van der Waals surface area contributed by atoms with Gasteiger partial charge in [0, 0.05) is 6.04 Å². The highest BCUT2D eigenvalue weighted by molar-refractivity contribution is 5.01. The van der Waals surface area contributed by atoms with E-state index in [1.807, 2.05) is 4.57 Å². The van der Waals surface area contributed by atoms with Crippen LogP contribution in [0.1, 0.15) is 37.6 Å². The third-order valence-electron chi connectivity index (χ3n) is 2.60. The van der Waals surface area contributed by atoms with Gasteiger partial charge in [0.05, 0.1) is 26.4 Å². The van der Waals surface area contributed by atoms with Crippen molar-refractivity contribution in [1.82, 2.24) is 14.8 Å². The zero-order valence-electron chi connectivity index (χ0n) is 9.72. The molecule has 0 saturated carbocycles. The van der Waals surface area contributed by atoms with Crippen LogP contribution in [0.25, 0.3) is 0 Å². The third kappa shape index (κ3) is 2.09. The molecule has 0 bridgehead atoms. The molecule has 0 aliphatic carbocycles. The van der Waals surface area contributed by atoms with E-state index in [1.54, 1.807) is 0 Å². The van der Waals surface area contributed by atoms with Gasteiger partial charge >= 0.3 is 0 Å². The molecular formula is C10H18N4O2. The van der Waals surface area contributed by atoms with Gasteiger partial charge < -0.3 is 19.8 Å². The molecule has 2 heterocycles. The highest BCUT2D eigenvalue weighted by Crippen LogP contribution is 2.22. The minimum atomic E-state index is -0.121. The van der Waals surface area contributed by atoms with E-state index in [2.05, 4.69) is 24.0 Å². The number of ether oxygens (including phenoxy) is 2. The standard InChI is InChI=1S/C10H18N4O2/c1-7(2)14-9(5-11)12-13-10(14)8-6-15-3-4-16-8/h7-8H,3-6,11H2,1-2H3. The summed E-state index contributed by atoms with van der Waals surface area (Å²) < 4.78 is 13.0. The van der Waals surface area contributed by atoms with Gasteiger partial charge in [-0.15, -0.1) is 10.2 Å². The van der Waals surface area contributed by atoms with E-state index in [4.69, 9.17) is 15.2 Å². The average Bonchev–Trinajstić information content (AvgIpc) is 2.73. The van der Waals surface area contributed by atoms with E-state index in [9.17, 15) is 0 Å². The number of aromatic nitrogens is 3. The first-order valence-electron chi connectivity index (χ1n) is 5.57. The van der Waals surface area contributed by atoms with Crippen molar-refractivity contribution in [1.29, 1.82) is 0 Å². The van der Waals surface area contributed by atoms with Gasteiger partial charge in [0.25, 0.3) is 0 Å². The van der Waals surface area contributed by atoms with Crippen molar-refractivity contribution in [3.8, 4) is 0 Å². The largest absolute Gasteiger partial charge is 0.376 e. The van der Waals surface area contributed by atoms with Gasteiger partial charge in [0.1, 0.15) is 11.9 Å². The SMILES string of the molecule is CC(C)n1c(CN)nnc1C1COCCO1. The van der Waals surface area contributed by atoms with E-state index in [1.165, 1.54) is 0 Å². The maximum absolute atomic E-state index is 5.64.